The number of rotatable bonds is 4. The minimum absolute atomic E-state index is 0.0599. The van der Waals surface area contributed by atoms with Gasteiger partial charge >= 0.3 is 5.69 Å². The molecule has 2 unspecified atom stereocenters. The highest BCUT2D eigenvalue weighted by molar-refractivity contribution is 5.76. The second-order valence-corrected chi connectivity index (χ2v) is 5.10. The molecule has 1 aromatic carbocycles. The molecule has 0 spiro atoms. The summed E-state index contributed by atoms with van der Waals surface area (Å²) in [5, 5.41) is 21.4. The lowest BCUT2D eigenvalue weighted by Crippen LogP contribution is -2.43. The molecule has 1 fully saturated rings. The van der Waals surface area contributed by atoms with Gasteiger partial charge in [-0.05, 0) is 25.0 Å². The van der Waals surface area contributed by atoms with Crippen LogP contribution in [0.3, 0.4) is 0 Å². The number of nitro groups is 1. The highest BCUT2D eigenvalue weighted by atomic mass is 16.6. The Morgan fingerprint density at radius 3 is 2.75 bits per heavy atom. The van der Waals surface area contributed by atoms with Crippen molar-refractivity contribution in [3.8, 4) is 0 Å². The molecule has 1 aromatic rings. The number of anilines is 2. The largest absolute Gasteiger partial charge is 0.391 e. The molecule has 0 heterocycles. The van der Waals surface area contributed by atoms with Crippen molar-refractivity contribution in [2.24, 2.45) is 5.84 Å². The fraction of sp³-hybridized carbons (Fsp3) is 0.538. The van der Waals surface area contributed by atoms with Gasteiger partial charge in [-0.25, -0.2) is 0 Å². The zero-order chi connectivity index (χ0) is 14.7. The van der Waals surface area contributed by atoms with Crippen LogP contribution >= 0.6 is 0 Å². The lowest BCUT2D eigenvalue weighted by molar-refractivity contribution is -0.383. The lowest BCUT2D eigenvalue weighted by Gasteiger charge is -2.36. The summed E-state index contributed by atoms with van der Waals surface area (Å²) in [5.74, 6) is 5.34. The topological polar surface area (TPSA) is 105 Å². The van der Waals surface area contributed by atoms with Gasteiger partial charge in [0.1, 0.15) is 11.4 Å². The van der Waals surface area contributed by atoms with E-state index in [9.17, 15) is 15.2 Å². The molecule has 0 aromatic heterocycles. The first-order chi connectivity index (χ1) is 9.56. The summed E-state index contributed by atoms with van der Waals surface area (Å²) < 4.78 is 0. The first kappa shape index (κ1) is 14.5. The molecule has 1 aliphatic rings. The third kappa shape index (κ3) is 2.68. The molecule has 0 bridgehead atoms. The average molecular weight is 280 g/mol. The van der Waals surface area contributed by atoms with E-state index in [1.54, 1.807) is 30.1 Å². The summed E-state index contributed by atoms with van der Waals surface area (Å²) in [4.78, 5) is 12.6. The number of aliphatic hydroxyl groups is 1. The van der Waals surface area contributed by atoms with E-state index >= 15 is 0 Å². The van der Waals surface area contributed by atoms with Gasteiger partial charge in [0.2, 0.25) is 0 Å². The molecule has 4 N–H and O–H groups in total. The van der Waals surface area contributed by atoms with Gasteiger partial charge in [-0.1, -0.05) is 18.9 Å². The molecular formula is C13H20N4O3. The third-order valence-corrected chi connectivity index (χ3v) is 3.92. The number of hydrogen-bond acceptors (Lipinski definition) is 6. The Labute approximate surface area is 117 Å². The summed E-state index contributed by atoms with van der Waals surface area (Å²) in [6.45, 7) is 0. The number of benzene rings is 1. The number of nitro benzene ring substituents is 1. The Kier molecular flexibility index (Phi) is 4.41. The Morgan fingerprint density at radius 2 is 2.15 bits per heavy atom. The normalized spacial score (nSPS) is 22.4. The first-order valence-electron chi connectivity index (χ1n) is 6.71. The minimum atomic E-state index is -0.456. The fourth-order valence-corrected chi connectivity index (χ4v) is 2.85. The van der Waals surface area contributed by atoms with Gasteiger partial charge in [0.25, 0.3) is 0 Å². The van der Waals surface area contributed by atoms with Crippen LogP contribution in [0.5, 0.6) is 0 Å². The van der Waals surface area contributed by atoms with Crippen molar-refractivity contribution in [2.75, 3.05) is 17.4 Å². The number of aliphatic hydroxyl groups excluding tert-OH is 1. The van der Waals surface area contributed by atoms with E-state index < -0.39 is 11.0 Å². The van der Waals surface area contributed by atoms with Gasteiger partial charge < -0.3 is 15.4 Å². The summed E-state index contributed by atoms with van der Waals surface area (Å²) in [5.41, 5.74) is 3.03. The number of hydrogen-bond donors (Lipinski definition) is 3. The standard InChI is InChI=1S/C13H20N4O3/c1-16(10-6-2-3-8-12(10)18)11-7-4-5-9(15-14)13(11)17(19)20/h4-5,7,10,12,15,18H,2-3,6,8,14H2,1H3. The summed E-state index contributed by atoms with van der Waals surface area (Å²) >= 11 is 0. The molecule has 2 atom stereocenters. The van der Waals surface area contributed by atoms with Gasteiger partial charge in [-0.2, -0.15) is 0 Å². The molecule has 0 aliphatic heterocycles. The van der Waals surface area contributed by atoms with Crippen LogP contribution in [-0.2, 0) is 0 Å². The molecule has 0 saturated heterocycles. The summed E-state index contributed by atoms with van der Waals surface area (Å²) in [6.07, 6.45) is 3.13. The average Bonchev–Trinajstić information content (AvgIpc) is 2.46. The Balaban J connectivity index is 2.38. The maximum atomic E-state index is 11.3. The van der Waals surface area contributed by atoms with Crippen molar-refractivity contribution in [2.45, 2.75) is 37.8 Å². The van der Waals surface area contributed by atoms with Crippen LogP contribution in [0.1, 0.15) is 25.7 Å². The van der Waals surface area contributed by atoms with Crippen LogP contribution in [0, 0.1) is 10.1 Å². The number of nitrogens with zero attached hydrogens (tertiary/aromatic N) is 2. The molecule has 1 aliphatic carbocycles. The molecule has 0 radical (unpaired) electrons. The van der Waals surface area contributed by atoms with E-state index in [1.807, 2.05) is 0 Å². The number of nitrogens with one attached hydrogen (secondary N) is 1. The summed E-state index contributed by atoms with van der Waals surface area (Å²) in [6, 6.07) is 4.85. The van der Waals surface area contributed by atoms with E-state index in [0.29, 0.717) is 5.69 Å². The van der Waals surface area contributed by atoms with Crippen molar-refractivity contribution in [1.29, 1.82) is 0 Å². The quantitative estimate of drug-likeness (QED) is 0.440. The molecule has 7 nitrogen and oxygen atoms in total. The zero-order valence-corrected chi connectivity index (χ0v) is 11.5. The number of para-hydroxylation sites is 1. The number of likely N-dealkylation sites (N-methyl/N-ethyl adjacent to an activating group) is 1. The molecule has 2 rings (SSSR count). The summed E-state index contributed by atoms with van der Waals surface area (Å²) in [7, 11) is 1.78. The SMILES string of the molecule is CN(c1cccc(NN)c1[N+](=O)[O-])C1CCCCC1O. The van der Waals surface area contributed by atoms with Gasteiger partial charge in [0.05, 0.1) is 17.1 Å². The second-order valence-electron chi connectivity index (χ2n) is 5.10. The van der Waals surface area contributed by atoms with Crippen LogP contribution in [0.25, 0.3) is 0 Å². The number of nitrogen functional groups attached to an aromatic ring is 1. The van der Waals surface area contributed by atoms with Crippen LogP contribution in [0.2, 0.25) is 0 Å². The van der Waals surface area contributed by atoms with Gasteiger partial charge in [-0.15, -0.1) is 0 Å². The van der Waals surface area contributed by atoms with Crippen LogP contribution in [-0.4, -0.2) is 29.2 Å². The first-order valence-corrected chi connectivity index (χ1v) is 6.71. The van der Waals surface area contributed by atoms with Crippen LogP contribution < -0.4 is 16.2 Å². The maximum absolute atomic E-state index is 11.3. The smallest absolute Gasteiger partial charge is 0.316 e. The minimum Gasteiger partial charge on any atom is -0.391 e. The Hall–Kier alpha value is -1.86. The molecule has 110 valence electrons. The number of hydrazine groups is 1. The van der Waals surface area contributed by atoms with Crippen molar-refractivity contribution >= 4 is 17.1 Å². The van der Waals surface area contributed by atoms with Gasteiger partial charge in [0.15, 0.2) is 0 Å². The molecule has 7 heteroatoms. The maximum Gasteiger partial charge on any atom is 0.316 e. The monoisotopic (exact) mass is 280 g/mol. The Bertz CT molecular complexity index is 495. The number of nitrogens with two attached hydrogens (primary N) is 1. The van der Waals surface area contributed by atoms with E-state index in [0.717, 1.165) is 25.7 Å². The molecule has 1 saturated carbocycles. The fourth-order valence-electron chi connectivity index (χ4n) is 2.85. The van der Waals surface area contributed by atoms with Crippen molar-refractivity contribution in [1.82, 2.24) is 0 Å². The highest BCUT2D eigenvalue weighted by Crippen LogP contribution is 2.37. The Morgan fingerprint density at radius 1 is 1.45 bits per heavy atom. The predicted octanol–water partition coefficient (Wildman–Crippen LogP) is 1.62. The third-order valence-electron chi connectivity index (χ3n) is 3.92. The lowest BCUT2D eigenvalue weighted by atomic mass is 9.91. The second kappa shape index (κ2) is 6.06. The van der Waals surface area contributed by atoms with E-state index in [4.69, 9.17) is 5.84 Å². The van der Waals surface area contributed by atoms with Crippen LogP contribution in [0.4, 0.5) is 17.1 Å². The van der Waals surface area contributed by atoms with E-state index in [-0.39, 0.29) is 17.4 Å². The van der Waals surface area contributed by atoms with E-state index in [2.05, 4.69) is 5.43 Å². The van der Waals surface area contributed by atoms with Gasteiger partial charge in [0, 0.05) is 7.05 Å². The molecule has 0 amide bonds. The van der Waals surface area contributed by atoms with Crippen LogP contribution in [0.15, 0.2) is 18.2 Å². The van der Waals surface area contributed by atoms with E-state index in [1.165, 1.54) is 0 Å². The van der Waals surface area contributed by atoms with Gasteiger partial charge in [-0.3, -0.25) is 16.0 Å². The van der Waals surface area contributed by atoms with Crippen molar-refractivity contribution in [3.63, 3.8) is 0 Å². The molecule has 20 heavy (non-hydrogen) atoms. The van der Waals surface area contributed by atoms with Crippen molar-refractivity contribution < 1.29 is 10.0 Å². The zero-order valence-electron chi connectivity index (χ0n) is 11.5. The van der Waals surface area contributed by atoms with Crippen molar-refractivity contribution in [3.05, 3.63) is 28.3 Å². The molecular weight excluding hydrogens is 260 g/mol. The highest BCUT2D eigenvalue weighted by Gasteiger charge is 2.31. The predicted molar refractivity (Wildman–Crippen MR) is 77.6 cm³/mol.